The highest BCUT2D eigenvalue weighted by Gasteiger charge is 2.27. The number of benzene rings is 3. The molecule has 3 aromatic carbocycles. The van der Waals surface area contributed by atoms with Crippen LogP contribution in [0.15, 0.2) is 72.9 Å². The number of rotatable bonds is 2. The van der Waals surface area contributed by atoms with Gasteiger partial charge in [-0.05, 0) is 62.1 Å². The predicted molar refractivity (Wildman–Crippen MR) is 149 cm³/mol. The van der Waals surface area contributed by atoms with Crippen molar-refractivity contribution in [3.8, 4) is 5.82 Å². The van der Waals surface area contributed by atoms with Crippen LogP contribution in [-0.2, 0) is 12.5 Å². The molecule has 0 amide bonds. The number of hydrogen-bond donors (Lipinski definition) is 0. The zero-order chi connectivity index (χ0) is 24.6. The first kappa shape index (κ1) is 21.9. The normalized spacial score (nSPS) is 12.7. The Kier molecular flexibility index (Phi) is 4.67. The van der Waals surface area contributed by atoms with Gasteiger partial charge in [-0.25, -0.2) is 4.57 Å². The van der Waals surface area contributed by atoms with Gasteiger partial charge in [-0.2, -0.15) is 4.57 Å². The molecule has 0 saturated carbocycles. The van der Waals surface area contributed by atoms with E-state index in [1.54, 1.807) is 0 Å². The topological polar surface area (TPSA) is 13.7 Å². The Bertz CT molecular complexity index is 1770. The number of aromatic nitrogens is 3. The first-order chi connectivity index (χ1) is 16.7. The zero-order valence-electron chi connectivity index (χ0n) is 21.8. The molecule has 0 bridgehead atoms. The molecule has 3 aromatic heterocycles. The van der Waals surface area contributed by atoms with E-state index in [0.717, 1.165) is 0 Å². The zero-order valence-corrected chi connectivity index (χ0v) is 21.8. The summed E-state index contributed by atoms with van der Waals surface area (Å²) in [6.45, 7) is 13.7. The van der Waals surface area contributed by atoms with Gasteiger partial charge < -0.3 is 4.57 Å². The minimum Gasteiger partial charge on any atom is -0.338 e. The standard InChI is InChI=1S/C32H34N3/c1-20(2)34-27-14-10-8-12-23(27)25-19-26-24-13-9-11-15-28(24)35(31(26)21(3)30(25)34)29-18-22(32(4,5)6)16-17-33(29)7/h8-20H,1-7H3/q+1. The van der Waals surface area contributed by atoms with E-state index < -0.39 is 0 Å². The highest BCUT2D eigenvalue weighted by molar-refractivity contribution is 6.20. The summed E-state index contributed by atoms with van der Waals surface area (Å²) in [6.07, 6.45) is 2.20. The number of nitrogens with zero attached hydrogens (tertiary/aromatic N) is 3. The SMILES string of the molecule is Cc1c2c(cc3c4ccccc4n(C(C)C)c13)c1ccccc1n2-c1cc(C(C)(C)C)cc[n+]1C. The van der Waals surface area contributed by atoms with E-state index in [0.29, 0.717) is 6.04 Å². The average molecular weight is 461 g/mol. The largest absolute Gasteiger partial charge is 0.338 e. The second-order valence-corrected chi connectivity index (χ2v) is 11.3. The van der Waals surface area contributed by atoms with Crippen LogP contribution in [0.5, 0.6) is 0 Å². The summed E-state index contributed by atoms with van der Waals surface area (Å²) in [7, 11) is 2.15. The van der Waals surface area contributed by atoms with Crippen LogP contribution in [0.2, 0.25) is 0 Å². The second-order valence-electron chi connectivity index (χ2n) is 11.3. The molecule has 0 spiro atoms. The van der Waals surface area contributed by atoms with E-state index in [9.17, 15) is 0 Å². The van der Waals surface area contributed by atoms with E-state index in [-0.39, 0.29) is 5.41 Å². The summed E-state index contributed by atoms with van der Waals surface area (Å²) in [5, 5.41) is 5.29. The van der Waals surface area contributed by atoms with Gasteiger partial charge in [0.05, 0.1) is 18.8 Å². The lowest BCUT2D eigenvalue weighted by atomic mass is 9.88. The Morgan fingerprint density at radius 1 is 0.743 bits per heavy atom. The molecule has 0 saturated heterocycles. The molecule has 0 N–H and O–H groups in total. The van der Waals surface area contributed by atoms with E-state index in [4.69, 9.17) is 0 Å². The Morgan fingerprint density at radius 2 is 1.34 bits per heavy atom. The fourth-order valence-electron chi connectivity index (χ4n) is 5.88. The van der Waals surface area contributed by atoms with Crippen LogP contribution in [0.3, 0.4) is 0 Å². The maximum atomic E-state index is 2.52. The molecule has 0 aliphatic carbocycles. The van der Waals surface area contributed by atoms with E-state index >= 15 is 0 Å². The molecule has 0 aliphatic rings. The number of pyridine rings is 1. The van der Waals surface area contributed by atoms with Crippen molar-refractivity contribution in [1.29, 1.82) is 0 Å². The van der Waals surface area contributed by atoms with Gasteiger partial charge in [0.1, 0.15) is 11.0 Å². The van der Waals surface area contributed by atoms with E-state index in [1.165, 1.54) is 60.6 Å². The minimum absolute atomic E-state index is 0.0775. The molecule has 35 heavy (non-hydrogen) atoms. The molecule has 6 rings (SSSR count). The molecule has 6 aromatic rings. The summed E-state index contributed by atoms with van der Waals surface area (Å²) < 4.78 is 7.26. The Labute approximate surface area is 207 Å². The van der Waals surface area contributed by atoms with E-state index in [2.05, 4.69) is 135 Å². The predicted octanol–water partition coefficient (Wildman–Crippen LogP) is 7.90. The molecule has 0 fully saturated rings. The number of aryl methyl sites for hydroxylation is 2. The Balaban J connectivity index is 1.86. The van der Waals surface area contributed by atoms with Gasteiger partial charge in [-0.1, -0.05) is 51.1 Å². The van der Waals surface area contributed by atoms with Gasteiger partial charge >= 0.3 is 0 Å². The van der Waals surface area contributed by atoms with Gasteiger partial charge in [0.25, 0.3) is 5.82 Å². The van der Waals surface area contributed by atoms with Crippen molar-refractivity contribution in [3.63, 3.8) is 0 Å². The fourth-order valence-corrected chi connectivity index (χ4v) is 5.88. The van der Waals surface area contributed by atoms with Crippen molar-refractivity contribution >= 4 is 43.6 Å². The van der Waals surface area contributed by atoms with Crippen molar-refractivity contribution < 1.29 is 4.57 Å². The summed E-state index contributed by atoms with van der Waals surface area (Å²) in [5.41, 5.74) is 7.95. The maximum absolute atomic E-state index is 2.52. The van der Waals surface area contributed by atoms with Gasteiger partial charge in [-0.15, -0.1) is 0 Å². The van der Waals surface area contributed by atoms with Crippen LogP contribution >= 0.6 is 0 Å². The molecule has 0 unspecified atom stereocenters. The third kappa shape index (κ3) is 3.07. The van der Waals surface area contributed by atoms with Gasteiger partial charge in [-0.3, -0.25) is 0 Å². The van der Waals surface area contributed by atoms with Gasteiger partial charge in [0.2, 0.25) is 0 Å². The lowest BCUT2D eigenvalue weighted by molar-refractivity contribution is -0.665. The lowest BCUT2D eigenvalue weighted by Gasteiger charge is -2.19. The van der Waals surface area contributed by atoms with Crippen molar-refractivity contribution in [2.75, 3.05) is 0 Å². The number of fused-ring (bicyclic) bond motifs is 6. The minimum atomic E-state index is 0.0775. The highest BCUT2D eigenvalue weighted by Crippen LogP contribution is 2.41. The molecule has 176 valence electrons. The molecule has 3 heteroatoms. The van der Waals surface area contributed by atoms with Crippen molar-refractivity contribution in [2.24, 2.45) is 7.05 Å². The molecule has 0 radical (unpaired) electrons. The second kappa shape index (κ2) is 7.45. The van der Waals surface area contributed by atoms with Crippen LogP contribution in [0, 0.1) is 6.92 Å². The van der Waals surface area contributed by atoms with Crippen molar-refractivity contribution in [3.05, 3.63) is 84.1 Å². The Morgan fingerprint density at radius 3 is 2.00 bits per heavy atom. The fraction of sp³-hybridized carbons (Fsp3) is 0.281. The van der Waals surface area contributed by atoms with Gasteiger partial charge in [0.15, 0.2) is 0 Å². The number of para-hydroxylation sites is 2. The third-order valence-corrected chi connectivity index (χ3v) is 7.60. The molecular formula is C32H34N3+. The summed E-state index contributed by atoms with van der Waals surface area (Å²) in [4.78, 5) is 0. The van der Waals surface area contributed by atoms with Crippen molar-refractivity contribution in [1.82, 2.24) is 9.13 Å². The third-order valence-electron chi connectivity index (χ3n) is 7.60. The van der Waals surface area contributed by atoms with E-state index in [1.807, 2.05) is 0 Å². The first-order valence-corrected chi connectivity index (χ1v) is 12.6. The van der Waals surface area contributed by atoms with Crippen LogP contribution in [0.25, 0.3) is 49.4 Å². The average Bonchev–Trinajstić information content (AvgIpc) is 3.33. The molecule has 3 nitrogen and oxygen atoms in total. The summed E-state index contributed by atoms with van der Waals surface area (Å²) in [5.74, 6) is 1.19. The van der Waals surface area contributed by atoms with Crippen LogP contribution in [0.1, 0.15) is 51.8 Å². The van der Waals surface area contributed by atoms with Gasteiger partial charge in [0, 0.05) is 44.7 Å². The quantitative estimate of drug-likeness (QED) is 0.233. The summed E-state index contributed by atoms with van der Waals surface area (Å²) >= 11 is 0. The monoisotopic (exact) mass is 460 g/mol. The lowest BCUT2D eigenvalue weighted by Crippen LogP contribution is -2.34. The van der Waals surface area contributed by atoms with Crippen LogP contribution in [-0.4, -0.2) is 9.13 Å². The van der Waals surface area contributed by atoms with Crippen molar-refractivity contribution in [2.45, 2.75) is 53.0 Å². The number of hydrogen-bond acceptors (Lipinski definition) is 0. The molecule has 0 atom stereocenters. The molecular weight excluding hydrogens is 426 g/mol. The molecule has 3 heterocycles. The first-order valence-electron chi connectivity index (χ1n) is 12.6. The Hall–Kier alpha value is -3.59. The maximum Gasteiger partial charge on any atom is 0.287 e. The summed E-state index contributed by atoms with van der Waals surface area (Å²) in [6, 6.07) is 25.1. The molecule has 0 aliphatic heterocycles. The van der Waals surface area contributed by atoms with Crippen LogP contribution in [0.4, 0.5) is 0 Å². The smallest absolute Gasteiger partial charge is 0.287 e. The highest BCUT2D eigenvalue weighted by atomic mass is 15.1. The van der Waals surface area contributed by atoms with Crippen LogP contribution < -0.4 is 4.57 Å².